The SMILES string of the molecule is O=C(N[C@H]1C2CN(Cc3ccc(C(F)(F)F)cc3)C[C@@H]21)C(O)(c1ccccc1)C1CCCC1. The van der Waals surface area contributed by atoms with Gasteiger partial charge in [0.05, 0.1) is 5.56 Å². The summed E-state index contributed by atoms with van der Waals surface area (Å²) >= 11 is 0. The topological polar surface area (TPSA) is 52.6 Å². The van der Waals surface area contributed by atoms with Crippen LogP contribution in [0.2, 0.25) is 0 Å². The van der Waals surface area contributed by atoms with Gasteiger partial charge >= 0.3 is 6.18 Å². The third-order valence-corrected chi connectivity index (χ3v) is 7.76. The molecule has 0 aromatic heterocycles. The Bertz CT molecular complexity index is 977. The molecule has 7 heteroatoms. The molecular weight excluding hydrogens is 429 g/mol. The average Bonchev–Trinajstić information content (AvgIpc) is 3.21. The number of likely N-dealkylation sites (tertiary alicyclic amines) is 1. The first kappa shape index (κ1) is 22.4. The first-order chi connectivity index (χ1) is 15.8. The summed E-state index contributed by atoms with van der Waals surface area (Å²) in [4.78, 5) is 15.6. The van der Waals surface area contributed by atoms with Crippen molar-refractivity contribution >= 4 is 5.91 Å². The number of hydrogen-bond donors (Lipinski definition) is 2. The van der Waals surface area contributed by atoms with Crippen molar-refractivity contribution in [1.29, 1.82) is 0 Å². The molecule has 1 heterocycles. The molecular formula is C26H29F3N2O2. The third-order valence-electron chi connectivity index (χ3n) is 7.76. The minimum atomic E-state index is -4.32. The molecule has 3 fully saturated rings. The molecule has 2 aromatic rings. The maximum Gasteiger partial charge on any atom is 0.416 e. The number of carbonyl (C=O) groups excluding carboxylic acids is 1. The lowest BCUT2D eigenvalue weighted by Gasteiger charge is -2.33. The van der Waals surface area contributed by atoms with Crippen LogP contribution < -0.4 is 5.32 Å². The summed E-state index contributed by atoms with van der Waals surface area (Å²) in [7, 11) is 0. The molecule has 2 aromatic carbocycles. The van der Waals surface area contributed by atoms with Gasteiger partial charge in [-0.1, -0.05) is 55.3 Å². The lowest BCUT2D eigenvalue weighted by molar-refractivity contribution is -0.147. The number of amides is 1. The molecule has 3 aliphatic rings. The van der Waals surface area contributed by atoms with Crippen LogP contribution in [0.1, 0.15) is 42.4 Å². The second-order valence-corrected chi connectivity index (χ2v) is 9.83. The van der Waals surface area contributed by atoms with E-state index in [9.17, 15) is 23.1 Å². The molecule has 2 aliphatic carbocycles. The second kappa shape index (κ2) is 8.44. The molecule has 33 heavy (non-hydrogen) atoms. The molecule has 5 rings (SSSR count). The summed E-state index contributed by atoms with van der Waals surface area (Å²) in [6.45, 7) is 2.19. The van der Waals surface area contributed by atoms with Crippen molar-refractivity contribution in [3.63, 3.8) is 0 Å². The van der Waals surface area contributed by atoms with Gasteiger partial charge in [0.15, 0.2) is 5.60 Å². The minimum Gasteiger partial charge on any atom is -0.375 e. The zero-order chi connectivity index (χ0) is 23.2. The highest BCUT2D eigenvalue weighted by Gasteiger charge is 2.58. The van der Waals surface area contributed by atoms with E-state index in [1.54, 1.807) is 0 Å². The average molecular weight is 459 g/mol. The summed E-state index contributed by atoms with van der Waals surface area (Å²) in [6, 6.07) is 14.6. The number of carbonyl (C=O) groups is 1. The highest BCUT2D eigenvalue weighted by molar-refractivity contribution is 5.87. The monoisotopic (exact) mass is 458 g/mol. The van der Waals surface area contributed by atoms with E-state index in [1.807, 2.05) is 30.3 Å². The summed E-state index contributed by atoms with van der Waals surface area (Å²) in [5, 5.41) is 14.8. The first-order valence-corrected chi connectivity index (χ1v) is 11.7. The molecule has 2 N–H and O–H groups in total. The number of fused-ring (bicyclic) bond motifs is 1. The fraction of sp³-hybridized carbons (Fsp3) is 0.500. The van der Waals surface area contributed by atoms with E-state index >= 15 is 0 Å². The maximum absolute atomic E-state index is 13.4. The highest BCUT2D eigenvalue weighted by Crippen LogP contribution is 2.47. The lowest BCUT2D eigenvalue weighted by Crippen LogP contribution is -2.50. The summed E-state index contributed by atoms with van der Waals surface area (Å²) in [5.74, 6) is 0.281. The Kier molecular flexibility index (Phi) is 5.73. The van der Waals surface area contributed by atoms with E-state index in [-0.39, 0.29) is 17.9 Å². The first-order valence-electron chi connectivity index (χ1n) is 11.7. The third kappa shape index (κ3) is 4.28. The molecule has 176 valence electrons. The van der Waals surface area contributed by atoms with Crippen LogP contribution >= 0.6 is 0 Å². The van der Waals surface area contributed by atoms with Crippen LogP contribution in [-0.4, -0.2) is 35.0 Å². The summed E-state index contributed by atoms with van der Waals surface area (Å²) < 4.78 is 38.3. The number of rotatable bonds is 6. The fourth-order valence-corrected chi connectivity index (χ4v) is 5.86. The predicted molar refractivity (Wildman–Crippen MR) is 118 cm³/mol. The molecule has 1 amide bonds. The van der Waals surface area contributed by atoms with Gasteiger partial charge in [0.2, 0.25) is 0 Å². The van der Waals surface area contributed by atoms with E-state index in [0.717, 1.165) is 56.5 Å². The zero-order valence-electron chi connectivity index (χ0n) is 18.4. The second-order valence-electron chi connectivity index (χ2n) is 9.83. The molecule has 0 spiro atoms. The van der Waals surface area contributed by atoms with Crippen molar-refractivity contribution in [3.05, 3.63) is 71.3 Å². The van der Waals surface area contributed by atoms with Crippen LogP contribution in [0.25, 0.3) is 0 Å². The van der Waals surface area contributed by atoms with Crippen LogP contribution in [0.4, 0.5) is 13.2 Å². The predicted octanol–water partition coefficient (Wildman–Crippen LogP) is 4.33. The number of benzene rings is 2. The van der Waals surface area contributed by atoms with E-state index in [4.69, 9.17) is 0 Å². The van der Waals surface area contributed by atoms with Gasteiger partial charge in [0.1, 0.15) is 0 Å². The minimum absolute atomic E-state index is 0.0537. The maximum atomic E-state index is 13.4. The fourth-order valence-electron chi connectivity index (χ4n) is 5.86. The molecule has 0 bridgehead atoms. The number of aliphatic hydroxyl groups is 1. The number of halogens is 3. The normalized spacial score (nSPS) is 27.2. The van der Waals surface area contributed by atoms with E-state index < -0.39 is 17.3 Å². The quantitative estimate of drug-likeness (QED) is 0.678. The lowest BCUT2D eigenvalue weighted by atomic mass is 9.79. The molecule has 1 saturated heterocycles. The Morgan fingerprint density at radius 2 is 1.55 bits per heavy atom. The smallest absolute Gasteiger partial charge is 0.375 e. The van der Waals surface area contributed by atoms with Crippen LogP contribution in [0, 0.1) is 17.8 Å². The van der Waals surface area contributed by atoms with Gasteiger partial charge in [0.25, 0.3) is 5.91 Å². The molecule has 0 radical (unpaired) electrons. The standard InChI is InChI=1S/C26H29F3N2O2/c27-26(28,29)20-12-10-17(11-13-20)14-31-15-21-22(16-31)23(21)30-24(32)25(33,19-8-4-5-9-19)18-6-2-1-3-7-18/h1-3,6-7,10-13,19,21-23,33H,4-5,8-9,14-16H2,(H,30,32)/t21-,22?,23+,25?/m0/s1. The van der Waals surface area contributed by atoms with Crippen molar-refractivity contribution in [2.45, 2.75) is 50.0 Å². The Balaban J connectivity index is 1.19. The van der Waals surface area contributed by atoms with E-state index in [2.05, 4.69) is 10.2 Å². The van der Waals surface area contributed by atoms with Gasteiger partial charge in [-0.05, 0) is 47.9 Å². The Morgan fingerprint density at radius 1 is 0.939 bits per heavy atom. The van der Waals surface area contributed by atoms with Crippen molar-refractivity contribution in [3.8, 4) is 0 Å². The van der Waals surface area contributed by atoms with E-state index in [0.29, 0.717) is 23.9 Å². The van der Waals surface area contributed by atoms with Crippen molar-refractivity contribution in [2.75, 3.05) is 13.1 Å². The molecule has 1 aliphatic heterocycles. The van der Waals surface area contributed by atoms with Gasteiger partial charge in [-0.3, -0.25) is 9.69 Å². The number of alkyl halides is 3. The summed E-state index contributed by atoms with van der Waals surface area (Å²) in [6.07, 6.45) is -0.574. The summed E-state index contributed by atoms with van der Waals surface area (Å²) in [5.41, 5.74) is -0.630. The van der Waals surface area contributed by atoms with Crippen LogP contribution in [0.5, 0.6) is 0 Å². The number of nitrogens with one attached hydrogen (secondary N) is 1. The Labute approximate surface area is 191 Å². The number of piperidine rings is 1. The Morgan fingerprint density at radius 3 is 2.12 bits per heavy atom. The van der Waals surface area contributed by atoms with Crippen molar-refractivity contribution in [1.82, 2.24) is 10.2 Å². The van der Waals surface area contributed by atoms with Gasteiger partial charge in [-0.25, -0.2) is 0 Å². The van der Waals surface area contributed by atoms with Gasteiger partial charge < -0.3 is 10.4 Å². The van der Waals surface area contributed by atoms with Crippen molar-refractivity contribution < 1.29 is 23.1 Å². The molecule has 4 atom stereocenters. The van der Waals surface area contributed by atoms with Crippen LogP contribution in [0.15, 0.2) is 54.6 Å². The van der Waals surface area contributed by atoms with Gasteiger partial charge in [-0.15, -0.1) is 0 Å². The Hall–Kier alpha value is -2.38. The molecule has 2 unspecified atom stereocenters. The number of hydrogen-bond acceptors (Lipinski definition) is 3. The van der Waals surface area contributed by atoms with Gasteiger partial charge in [0, 0.05) is 31.6 Å². The number of nitrogens with zero attached hydrogens (tertiary/aromatic N) is 1. The van der Waals surface area contributed by atoms with Crippen molar-refractivity contribution in [2.24, 2.45) is 17.8 Å². The largest absolute Gasteiger partial charge is 0.416 e. The molecule has 2 saturated carbocycles. The van der Waals surface area contributed by atoms with E-state index in [1.165, 1.54) is 12.1 Å². The zero-order valence-corrected chi connectivity index (χ0v) is 18.4. The van der Waals surface area contributed by atoms with Crippen LogP contribution in [-0.2, 0) is 23.1 Å². The highest BCUT2D eigenvalue weighted by atomic mass is 19.4. The molecule has 4 nitrogen and oxygen atoms in total. The van der Waals surface area contributed by atoms with Crippen LogP contribution in [0.3, 0.4) is 0 Å². The van der Waals surface area contributed by atoms with Gasteiger partial charge in [-0.2, -0.15) is 13.2 Å².